The molecular formula is C14H12Cl2N2O2. The lowest BCUT2D eigenvalue weighted by Gasteiger charge is -2.09. The van der Waals surface area contributed by atoms with E-state index in [0.717, 1.165) is 11.3 Å². The predicted molar refractivity (Wildman–Crippen MR) is 79.6 cm³/mol. The molecule has 0 atom stereocenters. The molecule has 104 valence electrons. The quantitative estimate of drug-likeness (QED) is 0.936. The minimum Gasteiger partial charge on any atom is -0.466 e. The zero-order chi connectivity index (χ0) is 14.5. The number of aromatic nitrogens is 1. The molecule has 1 aromatic heterocycles. The molecule has 0 aliphatic carbocycles. The van der Waals surface area contributed by atoms with Gasteiger partial charge in [0.2, 0.25) is 5.88 Å². The Balaban J connectivity index is 1.94. The number of aryl methyl sites for hydroxylation is 1. The number of carbonyl (C=O) groups excluding carboxylic acids is 1. The van der Waals surface area contributed by atoms with Gasteiger partial charge in [-0.25, -0.2) is 4.98 Å². The highest BCUT2D eigenvalue weighted by atomic mass is 35.5. The second-order valence-corrected chi connectivity index (χ2v) is 4.94. The molecule has 0 aliphatic heterocycles. The van der Waals surface area contributed by atoms with E-state index in [1.807, 2.05) is 31.2 Å². The van der Waals surface area contributed by atoms with Crippen LogP contribution in [0.1, 0.15) is 5.56 Å². The molecule has 0 aliphatic rings. The first-order valence-corrected chi connectivity index (χ1v) is 6.61. The fourth-order valence-electron chi connectivity index (χ4n) is 1.54. The first-order chi connectivity index (χ1) is 9.56. The van der Waals surface area contributed by atoms with Crippen molar-refractivity contribution in [3.63, 3.8) is 0 Å². The molecule has 1 aromatic carbocycles. The highest BCUT2D eigenvalue weighted by Gasteiger charge is 2.08. The van der Waals surface area contributed by atoms with Gasteiger partial charge in [0.1, 0.15) is 5.02 Å². The van der Waals surface area contributed by atoms with Crippen molar-refractivity contribution in [3.05, 3.63) is 52.1 Å². The molecule has 4 nitrogen and oxygen atoms in total. The Bertz CT molecular complexity index is 632. The Hall–Kier alpha value is -1.78. The topological polar surface area (TPSA) is 51.2 Å². The first kappa shape index (κ1) is 14.6. The van der Waals surface area contributed by atoms with Crippen molar-refractivity contribution in [2.45, 2.75) is 6.92 Å². The lowest BCUT2D eigenvalue weighted by Crippen LogP contribution is -2.21. The summed E-state index contributed by atoms with van der Waals surface area (Å²) in [4.78, 5) is 15.7. The summed E-state index contributed by atoms with van der Waals surface area (Å²) in [5.74, 6) is -0.108. The van der Waals surface area contributed by atoms with Gasteiger partial charge in [-0.1, -0.05) is 41.4 Å². The van der Waals surface area contributed by atoms with Crippen molar-refractivity contribution in [1.29, 1.82) is 0 Å². The van der Waals surface area contributed by atoms with Gasteiger partial charge in [-0.05, 0) is 24.6 Å². The fourth-order valence-corrected chi connectivity index (χ4v) is 1.98. The van der Waals surface area contributed by atoms with E-state index in [1.54, 1.807) is 0 Å². The monoisotopic (exact) mass is 310 g/mol. The number of para-hydroxylation sites is 1. The van der Waals surface area contributed by atoms with Crippen LogP contribution in [0.15, 0.2) is 36.5 Å². The Morgan fingerprint density at radius 2 is 2.10 bits per heavy atom. The number of anilines is 1. The van der Waals surface area contributed by atoms with Gasteiger partial charge >= 0.3 is 0 Å². The summed E-state index contributed by atoms with van der Waals surface area (Å²) in [6, 6.07) is 8.99. The highest BCUT2D eigenvalue weighted by Crippen LogP contribution is 2.24. The summed E-state index contributed by atoms with van der Waals surface area (Å²) >= 11 is 11.6. The Kier molecular flexibility index (Phi) is 4.82. The van der Waals surface area contributed by atoms with Gasteiger partial charge in [0, 0.05) is 11.9 Å². The third-order valence-electron chi connectivity index (χ3n) is 2.53. The van der Waals surface area contributed by atoms with Crippen LogP contribution in [0.3, 0.4) is 0 Å². The van der Waals surface area contributed by atoms with E-state index in [-0.39, 0.29) is 23.4 Å². The maximum Gasteiger partial charge on any atom is 0.262 e. The van der Waals surface area contributed by atoms with Crippen LogP contribution in [0.25, 0.3) is 0 Å². The molecule has 0 unspecified atom stereocenters. The number of hydrogen-bond acceptors (Lipinski definition) is 3. The van der Waals surface area contributed by atoms with Crippen LogP contribution in [-0.2, 0) is 4.79 Å². The number of carbonyl (C=O) groups is 1. The van der Waals surface area contributed by atoms with Crippen LogP contribution in [0.2, 0.25) is 10.0 Å². The zero-order valence-corrected chi connectivity index (χ0v) is 12.2. The van der Waals surface area contributed by atoms with E-state index < -0.39 is 0 Å². The number of halogens is 2. The average Bonchev–Trinajstić information content (AvgIpc) is 2.40. The molecule has 2 rings (SSSR count). The number of nitrogens with zero attached hydrogens (tertiary/aromatic N) is 1. The lowest BCUT2D eigenvalue weighted by atomic mass is 10.2. The van der Waals surface area contributed by atoms with Crippen molar-refractivity contribution in [1.82, 2.24) is 4.98 Å². The average molecular weight is 311 g/mol. The number of nitrogens with one attached hydrogen (secondary N) is 1. The van der Waals surface area contributed by atoms with Gasteiger partial charge in [0.05, 0.1) is 5.02 Å². The standard InChI is InChI=1S/C14H12Cl2N2O2/c1-9-4-2-3-5-12(9)18-13(19)8-20-14-11(16)6-10(15)7-17-14/h2-7H,8H2,1H3,(H,18,19). The number of amides is 1. The van der Waals surface area contributed by atoms with Gasteiger partial charge in [-0.2, -0.15) is 0 Å². The maximum atomic E-state index is 11.8. The van der Waals surface area contributed by atoms with Gasteiger partial charge < -0.3 is 10.1 Å². The van der Waals surface area contributed by atoms with E-state index >= 15 is 0 Å². The van der Waals surface area contributed by atoms with Gasteiger partial charge in [0.25, 0.3) is 5.91 Å². The van der Waals surface area contributed by atoms with Gasteiger partial charge in [-0.3, -0.25) is 4.79 Å². The summed E-state index contributed by atoms with van der Waals surface area (Å²) in [5, 5.41) is 3.42. The molecule has 0 radical (unpaired) electrons. The van der Waals surface area contributed by atoms with Gasteiger partial charge in [-0.15, -0.1) is 0 Å². The van der Waals surface area contributed by atoms with E-state index in [1.165, 1.54) is 12.3 Å². The van der Waals surface area contributed by atoms with E-state index in [9.17, 15) is 4.79 Å². The Morgan fingerprint density at radius 1 is 1.35 bits per heavy atom. The third kappa shape index (κ3) is 3.85. The lowest BCUT2D eigenvalue weighted by molar-refractivity contribution is -0.118. The predicted octanol–water partition coefficient (Wildman–Crippen LogP) is 3.71. The number of pyridine rings is 1. The van der Waals surface area contributed by atoms with Crippen molar-refractivity contribution >= 4 is 34.8 Å². The van der Waals surface area contributed by atoms with Crippen LogP contribution in [0.4, 0.5) is 5.69 Å². The molecule has 0 bridgehead atoms. The smallest absolute Gasteiger partial charge is 0.262 e. The molecule has 1 amide bonds. The number of benzene rings is 1. The normalized spacial score (nSPS) is 10.2. The van der Waals surface area contributed by atoms with Crippen LogP contribution in [-0.4, -0.2) is 17.5 Å². The fraction of sp³-hybridized carbons (Fsp3) is 0.143. The molecule has 20 heavy (non-hydrogen) atoms. The van der Waals surface area contributed by atoms with Crippen LogP contribution < -0.4 is 10.1 Å². The molecule has 0 fully saturated rings. The summed E-state index contributed by atoms with van der Waals surface area (Å²) in [7, 11) is 0. The molecule has 0 spiro atoms. The van der Waals surface area contributed by atoms with Crippen LogP contribution in [0, 0.1) is 6.92 Å². The third-order valence-corrected chi connectivity index (χ3v) is 3.01. The molecule has 1 heterocycles. The highest BCUT2D eigenvalue weighted by molar-refractivity contribution is 6.35. The minimum absolute atomic E-state index is 0.177. The molecule has 2 aromatic rings. The largest absolute Gasteiger partial charge is 0.466 e. The molecular weight excluding hydrogens is 299 g/mol. The number of hydrogen-bond donors (Lipinski definition) is 1. The molecule has 0 saturated heterocycles. The van der Waals surface area contributed by atoms with E-state index in [0.29, 0.717) is 5.02 Å². The number of ether oxygens (including phenoxy) is 1. The summed E-state index contributed by atoms with van der Waals surface area (Å²) < 4.78 is 5.25. The molecule has 6 heteroatoms. The maximum absolute atomic E-state index is 11.8. The first-order valence-electron chi connectivity index (χ1n) is 5.85. The van der Waals surface area contributed by atoms with Crippen LogP contribution >= 0.6 is 23.2 Å². The summed E-state index contributed by atoms with van der Waals surface area (Å²) in [5.41, 5.74) is 1.72. The Labute approximate surface area is 126 Å². The Morgan fingerprint density at radius 3 is 2.80 bits per heavy atom. The van der Waals surface area contributed by atoms with Gasteiger partial charge in [0.15, 0.2) is 6.61 Å². The second-order valence-electron chi connectivity index (χ2n) is 4.09. The number of rotatable bonds is 4. The van der Waals surface area contributed by atoms with Crippen molar-refractivity contribution < 1.29 is 9.53 Å². The summed E-state index contributed by atoms with van der Waals surface area (Å²) in [6.45, 7) is 1.73. The molecule has 1 N–H and O–H groups in total. The van der Waals surface area contributed by atoms with Crippen molar-refractivity contribution in [2.24, 2.45) is 0 Å². The SMILES string of the molecule is Cc1ccccc1NC(=O)COc1ncc(Cl)cc1Cl. The summed E-state index contributed by atoms with van der Waals surface area (Å²) in [6.07, 6.45) is 1.40. The zero-order valence-electron chi connectivity index (χ0n) is 10.7. The minimum atomic E-state index is -0.285. The van der Waals surface area contributed by atoms with Crippen LogP contribution in [0.5, 0.6) is 5.88 Å². The van der Waals surface area contributed by atoms with E-state index in [2.05, 4.69) is 10.3 Å². The van der Waals surface area contributed by atoms with E-state index in [4.69, 9.17) is 27.9 Å². The van der Waals surface area contributed by atoms with Crippen molar-refractivity contribution in [2.75, 3.05) is 11.9 Å². The second kappa shape index (κ2) is 6.59. The van der Waals surface area contributed by atoms with Crippen molar-refractivity contribution in [3.8, 4) is 5.88 Å². The molecule has 0 saturated carbocycles.